The minimum atomic E-state index is -1.01. The summed E-state index contributed by atoms with van der Waals surface area (Å²) in [6.07, 6.45) is 6.50. The molecule has 0 spiro atoms. The van der Waals surface area contributed by atoms with Gasteiger partial charge in [0.05, 0.1) is 0 Å². The van der Waals surface area contributed by atoms with E-state index in [2.05, 4.69) is 0 Å². The number of nitrogens with zero attached hydrogens (tertiary/aromatic N) is 1. The van der Waals surface area contributed by atoms with E-state index < -0.39 is 11.9 Å². The van der Waals surface area contributed by atoms with Crippen LogP contribution in [0.4, 0.5) is 0 Å². The van der Waals surface area contributed by atoms with Crippen molar-refractivity contribution in [3.63, 3.8) is 0 Å². The molecule has 1 amide bonds. The lowest BCUT2D eigenvalue weighted by Crippen LogP contribution is -2.37. The Labute approximate surface area is 103 Å². The first-order chi connectivity index (χ1) is 8.06. The van der Waals surface area contributed by atoms with Crippen LogP contribution in [0.15, 0.2) is 0 Å². The predicted octanol–water partition coefficient (Wildman–Crippen LogP) is 2.14. The Hall–Kier alpha value is -1.06. The molecular formula is C13H23NO3. The van der Waals surface area contributed by atoms with Crippen molar-refractivity contribution in [2.45, 2.75) is 45.4 Å². The first-order valence-electron chi connectivity index (χ1n) is 6.54. The largest absolute Gasteiger partial charge is 0.481 e. The number of carbonyl (C=O) groups excluding carboxylic acids is 1. The van der Waals surface area contributed by atoms with Crippen molar-refractivity contribution in [2.24, 2.45) is 11.8 Å². The molecule has 1 aliphatic rings. The lowest BCUT2D eigenvalue weighted by molar-refractivity contribution is -0.150. The number of aliphatic carboxylic acids is 1. The van der Waals surface area contributed by atoms with E-state index in [1.54, 1.807) is 18.9 Å². The van der Waals surface area contributed by atoms with Gasteiger partial charge in [-0.25, -0.2) is 0 Å². The number of rotatable bonds is 6. The average molecular weight is 241 g/mol. The van der Waals surface area contributed by atoms with Gasteiger partial charge in [-0.15, -0.1) is 0 Å². The summed E-state index contributed by atoms with van der Waals surface area (Å²) < 4.78 is 0. The number of carboxylic acids is 1. The highest BCUT2D eigenvalue weighted by Crippen LogP contribution is 2.27. The Morgan fingerprint density at radius 2 is 1.94 bits per heavy atom. The van der Waals surface area contributed by atoms with E-state index >= 15 is 0 Å². The minimum Gasteiger partial charge on any atom is -0.481 e. The molecule has 98 valence electrons. The molecule has 1 saturated carbocycles. The van der Waals surface area contributed by atoms with Gasteiger partial charge in [0.1, 0.15) is 5.92 Å². The second-order valence-corrected chi connectivity index (χ2v) is 5.00. The molecule has 0 aromatic carbocycles. The summed E-state index contributed by atoms with van der Waals surface area (Å²) >= 11 is 0. The van der Waals surface area contributed by atoms with Gasteiger partial charge in [0.2, 0.25) is 5.91 Å². The number of carbonyl (C=O) groups is 2. The minimum absolute atomic E-state index is 0.252. The summed E-state index contributed by atoms with van der Waals surface area (Å²) in [5.41, 5.74) is 0. The van der Waals surface area contributed by atoms with Crippen molar-refractivity contribution < 1.29 is 14.7 Å². The second-order valence-electron chi connectivity index (χ2n) is 5.00. The molecule has 0 aromatic heterocycles. The Morgan fingerprint density at radius 1 is 1.35 bits per heavy atom. The highest BCUT2D eigenvalue weighted by Gasteiger charge is 2.27. The lowest BCUT2D eigenvalue weighted by Gasteiger charge is -2.22. The second kappa shape index (κ2) is 6.62. The Morgan fingerprint density at radius 3 is 2.41 bits per heavy atom. The molecule has 0 bridgehead atoms. The molecule has 0 saturated heterocycles. The van der Waals surface area contributed by atoms with E-state index in [0.717, 1.165) is 12.3 Å². The fraction of sp³-hybridized carbons (Fsp3) is 0.846. The predicted molar refractivity (Wildman–Crippen MR) is 65.6 cm³/mol. The Kier molecular flexibility index (Phi) is 5.45. The van der Waals surface area contributed by atoms with E-state index in [-0.39, 0.29) is 5.91 Å². The van der Waals surface area contributed by atoms with Gasteiger partial charge in [-0.1, -0.05) is 32.6 Å². The molecule has 4 nitrogen and oxygen atoms in total. The maximum absolute atomic E-state index is 11.9. The third-order valence-electron chi connectivity index (χ3n) is 3.73. The molecule has 0 heterocycles. The molecule has 17 heavy (non-hydrogen) atoms. The van der Waals surface area contributed by atoms with Crippen LogP contribution < -0.4 is 0 Å². The molecule has 1 unspecified atom stereocenters. The number of carboxylic acid groups (broad SMARTS) is 1. The van der Waals surface area contributed by atoms with Gasteiger partial charge in [0, 0.05) is 13.6 Å². The van der Waals surface area contributed by atoms with E-state index in [9.17, 15) is 9.59 Å². The topological polar surface area (TPSA) is 57.6 Å². The Balaban J connectivity index is 2.37. The normalized spacial score (nSPS) is 18.0. The first-order valence-corrected chi connectivity index (χ1v) is 6.54. The van der Waals surface area contributed by atoms with E-state index in [4.69, 9.17) is 5.11 Å². The van der Waals surface area contributed by atoms with Crippen LogP contribution in [0.5, 0.6) is 0 Å². The Bertz CT molecular complexity index is 272. The summed E-state index contributed by atoms with van der Waals surface area (Å²) in [5, 5.41) is 8.92. The van der Waals surface area contributed by atoms with Crippen LogP contribution in [0.2, 0.25) is 0 Å². The van der Waals surface area contributed by atoms with E-state index in [1.807, 2.05) is 0 Å². The van der Waals surface area contributed by atoms with Gasteiger partial charge in [-0.2, -0.15) is 0 Å². The zero-order valence-electron chi connectivity index (χ0n) is 10.8. The van der Waals surface area contributed by atoms with Gasteiger partial charge in [0.25, 0.3) is 0 Å². The third kappa shape index (κ3) is 4.02. The van der Waals surface area contributed by atoms with Crippen molar-refractivity contribution in [3.8, 4) is 0 Å². The maximum atomic E-state index is 11.9. The molecule has 1 atom stereocenters. The standard InChI is InChI=1S/C13H23NO3/c1-3-11(13(16)17)12(15)14(2)9-8-10-6-4-5-7-10/h10-11H,3-9H2,1-2H3,(H,16,17). The van der Waals surface area contributed by atoms with Crippen LogP contribution in [-0.4, -0.2) is 35.5 Å². The van der Waals surface area contributed by atoms with Crippen molar-refractivity contribution in [1.82, 2.24) is 4.90 Å². The molecular weight excluding hydrogens is 218 g/mol. The first kappa shape index (κ1) is 14.0. The lowest BCUT2D eigenvalue weighted by atomic mass is 10.0. The average Bonchev–Trinajstić information content (AvgIpc) is 2.78. The molecule has 1 fully saturated rings. The van der Waals surface area contributed by atoms with Gasteiger partial charge >= 0.3 is 5.97 Å². The van der Waals surface area contributed by atoms with Gasteiger partial charge in [-0.3, -0.25) is 9.59 Å². The summed E-state index contributed by atoms with van der Waals surface area (Å²) in [5.74, 6) is -1.40. The quantitative estimate of drug-likeness (QED) is 0.725. The smallest absolute Gasteiger partial charge is 0.316 e. The van der Waals surface area contributed by atoms with Crippen molar-refractivity contribution >= 4 is 11.9 Å². The highest BCUT2D eigenvalue weighted by molar-refractivity contribution is 5.96. The van der Waals surface area contributed by atoms with E-state index in [0.29, 0.717) is 13.0 Å². The molecule has 0 radical (unpaired) electrons. The van der Waals surface area contributed by atoms with Gasteiger partial charge < -0.3 is 10.0 Å². The zero-order valence-corrected chi connectivity index (χ0v) is 10.8. The van der Waals surface area contributed by atoms with Crippen molar-refractivity contribution in [2.75, 3.05) is 13.6 Å². The maximum Gasteiger partial charge on any atom is 0.316 e. The highest BCUT2D eigenvalue weighted by atomic mass is 16.4. The summed E-state index contributed by atoms with van der Waals surface area (Å²) in [4.78, 5) is 24.3. The molecule has 1 aliphatic carbocycles. The molecule has 1 N–H and O–H groups in total. The summed E-state index contributed by atoms with van der Waals surface area (Å²) in [7, 11) is 1.71. The SMILES string of the molecule is CCC(C(=O)O)C(=O)N(C)CCC1CCCC1. The third-order valence-corrected chi connectivity index (χ3v) is 3.73. The van der Waals surface area contributed by atoms with Crippen LogP contribution in [0, 0.1) is 11.8 Å². The number of hydrogen-bond donors (Lipinski definition) is 1. The molecule has 4 heteroatoms. The van der Waals surface area contributed by atoms with E-state index in [1.165, 1.54) is 25.7 Å². The molecule has 1 rings (SSSR count). The van der Waals surface area contributed by atoms with Gasteiger partial charge in [0.15, 0.2) is 0 Å². The van der Waals surface area contributed by atoms with Crippen LogP contribution in [0.25, 0.3) is 0 Å². The van der Waals surface area contributed by atoms with Crippen LogP contribution in [0.1, 0.15) is 45.4 Å². The fourth-order valence-corrected chi connectivity index (χ4v) is 2.51. The number of amides is 1. The van der Waals surface area contributed by atoms with Crippen LogP contribution in [0.3, 0.4) is 0 Å². The van der Waals surface area contributed by atoms with Crippen molar-refractivity contribution in [3.05, 3.63) is 0 Å². The number of hydrogen-bond acceptors (Lipinski definition) is 2. The summed E-state index contributed by atoms with van der Waals surface area (Å²) in [6.45, 7) is 2.43. The molecule has 0 aromatic rings. The monoisotopic (exact) mass is 241 g/mol. The molecule has 0 aliphatic heterocycles. The van der Waals surface area contributed by atoms with Crippen LogP contribution >= 0.6 is 0 Å². The van der Waals surface area contributed by atoms with Crippen molar-refractivity contribution in [1.29, 1.82) is 0 Å². The fourth-order valence-electron chi connectivity index (χ4n) is 2.51. The van der Waals surface area contributed by atoms with Crippen LogP contribution in [-0.2, 0) is 9.59 Å². The zero-order chi connectivity index (χ0) is 12.8. The van der Waals surface area contributed by atoms with Gasteiger partial charge in [-0.05, 0) is 18.8 Å². The summed E-state index contributed by atoms with van der Waals surface area (Å²) in [6, 6.07) is 0.